The zero-order chi connectivity index (χ0) is 11.7. The molecule has 0 unspecified atom stereocenters. The SMILES string of the molecule is OC[C@@H](F)CCCCCOCC(F)(F)F. The molecule has 0 saturated carbocycles. The molecule has 0 aliphatic heterocycles. The van der Waals surface area contributed by atoms with Gasteiger partial charge in [0.1, 0.15) is 12.8 Å². The van der Waals surface area contributed by atoms with Crippen LogP contribution in [0.1, 0.15) is 25.7 Å². The van der Waals surface area contributed by atoms with Gasteiger partial charge in [0.15, 0.2) is 0 Å². The van der Waals surface area contributed by atoms with E-state index in [0.717, 1.165) is 0 Å². The number of hydrogen-bond donors (Lipinski definition) is 1. The van der Waals surface area contributed by atoms with Crippen LogP contribution in [-0.2, 0) is 4.74 Å². The fourth-order valence-electron chi connectivity index (χ4n) is 1.03. The minimum Gasteiger partial charge on any atom is -0.393 e. The van der Waals surface area contributed by atoms with Gasteiger partial charge in [-0.05, 0) is 12.8 Å². The molecular weight excluding hydrogens is 216 g/mol. The maximum atomic E-state index is 12.4. The number of aliphatic hydroxyl groups is 1. The minimum atomic E-state index is -4.28. The van der Waals surface area contributed by atoms with Gasteiger partial charge in [-0.25, -0.2) is 4.39 Å². The Morgan fingerprint density at radius 1 is 1.13 bits per heavy atom. The van der Waals surface area contributed by atoms with Crippen molar-refractivity contribution in [3.05, 3.63) is 0 Å². The highest BCUT2D eigenvalue weighted by atomic mass is 19.4. The van der Waals surface area contributed by atoms with Gasteiger partial charge in [-0.3, -0.25) is 0 Å². The number of aliphatic hydroxyl groups excluding tert-OH is 1. The molecule has 0 aromatic carbocycles. The molecule has 0 amide bonds. The van der Waals surface area contributed by atoms with Crippen LogP contribution in [-0.4, -0.2) is 37.3 Å². The first-order valence-electron chi connectivity index (χ1n) is 4.85. The molecular formula is C9H16F4O2. The Kier molecular flexibility index (Phi) is 7.68. The van der Waals surface area contributed by atoms with Crippen LogP contribution in [0.5, 0.6) is 0 Å². The van der Waals surface area contributed by atoms with Crippen molar-refractivity contribution < 1.29 is 27.4 Å². The molecule has 1 atom stereocenters. The maximum Gasteiger partial charge on any atom is 0.411 e. The monoisotopic (exact) mass is 232 g/mol. The van der Waals surface area contributed by atoms with Crippen LogP contribution in [0.15, 0.2) is 0 Å². The van der Waals surface area contributed by atoms with Crippen molar-refractivity contribution in [1.29, 1.82) is 0 Å². The molecule has 0 aromatic heterocycles. The third-order valence-electron chi connectivity index (χ3n) is 1.77. The first kappa shape index (κ1) is 14.6. The van der Waals surface area contributed by atoms with Crippen LogP contribution < -0.4 is 0 Å². The number of alkyl halides is 4. The Labute approximate surface area is 86.2 Å². The van der Waals surface area contributed by atoms with Crippen molar-refractivity contribution in [3.8, 4) is 0 Å². The van der Waals surface area contributed by atoms with Gasteiger partial charge in [0.05, 0.1) is 6.61 Å². The molecule has 0 rings (SSSR count). The molecule has 0 aliphatic carbocycles. The number of hydrogen-bond acceptors (Lipinski definition) is 2. The molecule has 0 aromatic rings. The molecule has 0 bridgehead atoms. The molecule has 0 spiro atoms. The van der Waals surface area contributed by atoms with E-state index in [2.05, 4.69) is 4.74 Å². The van der Waals surface area contributed by atoms with Crippen LogP contribution in [0.25, 0.3) is 0 Å². The lowest BCUT2D eigenvalue weighted by atomic mass is 10.1. The summed E-state index contributed by atoms with van der Waals surface area (Å²) in [6, 6.07) is 0. The molecule has 0 aliphatic rings. The summed E-state index contributed by atoms with van der Waals surface area (Å²) in [6.45, 7) is -1.68. The lowest BCUT2D eigenvalue weighted by Gasteiger charge is -2.07. The Balaban J connectivity index is 3.12. The molecule has 6 heteroatoms. The summed E-state index contributed by atoms with van der Waals surface area (Å²) >= 11 is 0. The third-order valence-corrected chi connectivity index (χ3v) is 1.77. The molecule has 92 valence electrons. The molecule has 2 nitrogen and oxygen atoms in total. The molecule has 0 saturated heterocycles. The second-order valence-corrected chi connectivity index (χ2v) is 3.30. The summed E-state index contributed by atoms with van der Waals surface area (Å²) in [6.07, 6.45) is -3.61. The fourth-order valence-corrected chi connectivity index (χ4v) is 1.03. The van der Waals surface area contributed by atoms with Gasteiger partial charge in [0.2, 0.25) is 0 Å². The van der Waals surface area contributed by atoms with Crippen molar-refractivity contribution in [2.45, 2.75) is 38.0 Å². The van der Waals surface area contributed by atoms with E-state index in [4.69, 9.17) is 5.11 Å². The Hall–Kier alpha value is -0.360. The average molecular weight is 232 g/mol. The quantitative estimate of drug-likeness (QED) is 0.514. The highest BCUT2D eigenvalue weighted by molar-refractivity contribution is 4.53. The predicted molar refractivity (Wildman–Crippen MR) is 47.3 cm³/mol. The van der Waals surface area contributed by atoms with E-state index in [9.17, 15) is 17.6 Å². The lowest BCUT2D eigenvalue weighted by molar-refractivity contribution is -0.174. The molecule has 0 heterocycles. The average Bonchev–Trinajstić information content (AvgIpc) is 2.14. The minimum absolute atomic E-state index is 0.0373. The largest absolute Gasteiger partial charge is 0.411 e. The van der Waals surface area contributed by atoms with E-state index < -0.39 is 25.6 Å². The van der Waals surface area contributed by atoms with Crippen LogP contribution in [0.2, 0.25) is 0 Å². The Bertz CT molecular complexity index is 150. The van der Waals surface area contributed by atoms with Gasteiger partial charge in [-0.1, -0.05) is 12.8 Å². The second kappa shape index (κ2) is 7.87. The number of ether oxygens (including phenoxy) is 1. The predicted octanol–water partition coefficient (Wildman–Crippen LogP) is 2.46. The fraction of sp³-hybridized carbons (Fsp3) is 1.00. The van der Waals surface area contributed by atoms with Gasteiger partial charge in [-0.15, -0.1) is 0 Å². The Morgan fingerprint density at radius 2 is 1.80 bits per heavy atom. The summed E-state index contributed by atoms with van der Waals surface area (Å²) in [7, 11) is 0. The topological polar surface area (TPSA) is 29.5 Å². The van der Waals surface area contributed by atoms with Crippen LogP contribution >= 0.6 is 0 Å². The Morgan fingerprint density at radius 3 is 2.33 bits per heavy atom. The van der Waals surface area contributed by atoms with Gasteiger partial charge in [0.25, 0.3) is 0 Å². The first-order chi connectivity index (χ1) is 6.95. The van der Waals surface area contributed by atoms with Gasteiger partial charge < -0.3 is 9.84 Å². The van der Waals surface area contributed by atoms with Crippen molar-refractivity contribution in [2.75, 3.05) is 19.8 Å². The van der Waals surface area contributed by atoms with E-state index >= 15 is 0 Å². The molecule has 0 radical (unpaired) electrons. The van der Waals surface area contributed by atoms with E-state index in [1.54, 1.807) is 0 Å². The summed E-state index contributed by atoms with van der Waals surface area (Å²) in [4.78, 5) is 0. The second-order valence-electron chi connectivity index (χ2n) is 3.30. The molecule has 15 heavy (non-hydrogen) atoms. The normalized spacial score (nSPS) is 14.2. The first-order valence-corrected chi connectivity index (χ1v) is 4.85. The summed E-state index contributed by atoms with van der Waals surface area (Å²) in [5, 5.41) is 8.34. The van der Waals surface area contributed by atoms with Crippen LogP contribution in [0.3, 0.4) is 0 Å². The zero-order valence-electron chi connectivity index (χ0n) is 8.39. The van der Waals surface area contributed by atoms with Gasteiger partial charge in [0, 0.05) is 6.61 Å². The van der Waals surface area contributed by atoms with Crippen LogP contribution in [0, 0.1) is 0 Å². The van der Waals surface area contributed by atoms with Gasteiger partial charge >= 0.3 is 6.18 Å². The number of unbranched alkanes of at least 4 members (excludes halogenated alkanes) is 2. The van der Waals surface area contributed by atoms with E-state index in [1.807, 2.05) is 0 Å². The summed E-state index contributed by atoms with van der Waals surface area (Å²) in [5.74, 6) is 0. The van der Waals surface area contributed by atoms with Crippen molar-refractivity contribution in [1.82, 2.24) is 0 Å². The van der Waals surface area contributed by atoms with Gasteiger partial charge in [-0.2, -0.15) is 13.2 Å². The number of halogens is 4. The highest BCUT2D eigenvalue weighted by Crippen LogP contribution is 2.14. The summed E-state index contributed by atoms with van der Waals surface area (Å²) < 4.78 is 51.5. The maximum absolute atomic E-state index is 12.4. The highest BCUT2D eigenvalue weighted by Gasteiger charge is 2.27. The number of rotatable bonds is 8. The molecule has 0 fully saturated rings. The zero-order valence-corrected chi connectivity index (χ0v) is 8.39. The molecule has 1 N–H and O–H groups in total. The van der Waals surface area contributed by atoms with E-state index in [0.29, 0.717) is 19.3 Å². The third kappa shape index (κ3) is 11.6. The lowest BCUT2D eigenvalue weighted by Crippen LogP contribution is -2.17. The van der Waals surface area contributed by atoms with Crippen LogP contribution in [0.4, 0.5) is 17.6 Å². The van der Waals surface area contributed by atoms with Crippen molar-refractivity contribution in [3.63, 3.8) is 0 Å². The smallest absolute Gasteiger partial charge is 0.393 e. The standard InChI is InChI=1S/C9H16F4O2/c10-8(6-14)4-2-1-3-5-15-7-9(11,12)13/h8,14H,1-7H2/t8-/m0/s1. The summed E-state index contributed by atoms with van der Waals surface area (Å²) in [5.41, 5.74) is 0. The van der Waals surface area contributed by atoms with Crippen molar-refractivity contribution in [2.24, 2.45) is 0 Å². The van der Waals surface area contributed by atoms with E-state index in [1.165, 1.54) is 0 Å². The van der Waals surface area contributed by atoms with E-state index in [-0.39, 0.29) is 13.0 Å². The van der Waals surface area contributed by atoms with Crippen molar-refractivity contribution >= 4 is 0 Å².